The first-order valence-corrected chi connectivity index (χ1v) is 10.3. The van der Waals surface area contributed by atoms with E-state index in [1.54, 1.807) is 36.1 Å². The highest BCUT2D eigenvalue weighted by Crippen LogP contribution is 2.33. The molecule has 5 rings (SSSR count). The van der Waals surface area contributed by atoms with Crippen LogP contribution in [0.1, 0.15) is 5.69 Å². The molecule has 1 fully saturated rings. The predicted octanol–water partition coefficient (Wildman–Crippen LogP) is 3.09. The molecule has 3 aliphatic heterocycles. The summed E-state index contributed by atoms with van der Waals surface area (Å²) >= 11 is 0. The number of pyridine rings is 1. The highest BCUT2D eigenvalue weighted by molar-refractivity contribution is 6.00. The number of benzene rings is 2. The van der Waals surface area contributed by atoms with Crippen molar-refractivity contribution in [2.45, 2.75) is 6.92 Å². The second kappa shape index (κ2) is 7.52. The molecule has 32 heavy (non-hydrogen) atoms. The fourth-order valence-corrected chi connectivity index (χ4v) is 4.25. The molecule has 3 heterocycles. The van der Waals surface area contributed by atoms with Crippen LogP contribution in [0, 0.1) is 18.6 Å². The number of piperazine rings is 1. The molecule has 1 amide bonds. The number of amides is 1. The summed E-state index contributed by atoms with van der Waals surface area (Å²) in [5.74, 6) is -2.14. The summed E-state index contributed by atoms with van der Waals surface area (Å²) in [6.07, 6.45) is 0. The number of halogens is 2. The lowest BCUT2D eigenvalue weighted by Gasteiger charge is -2.33. The molecule has 7 nitrogen and oxygen atoms in total. The van der Waals surface area contributed by atoms with E-state index < -0.39 is 17.2 Å². The number of para-hydroxylation sites is 1. The summed E-state index contributed by atoms with van der Waals surface area (Å²) in [6, 6.07) is 10.5. The molecule has 0 aromatic heterocycles. The van der Waals surface area contributed by atoms with E-state index in [1.807, 2.05) is 13.1 Å². The molecule has 164 valence electrons. The molecule has 0 spiro atoms. The molecule has 0 radical (unpaired) electrons. The third-order valence-electron chi connectivity index (χ3n) is 6.04. The maximum Gasteiger partial charge on any atom is 0.328 e. The Labute approximate surface area is 182 Å². The van der Waals surface area contributed by atoms with Crippen LogP contribution in [-0.4, -0.2) is 63.4 Å². The average Bonchev–Trinajstić information content (AvgIpc) is 3.14. The number of fused-ring (bicyclic) bond motifs is 3. The molecular formula is C23H21F2N5O2. The number of carbonyl (C=O) groups excluding carboxylic acids is 1. The number of nitrogens with zero attached hydrogens (tertiary/aromatic N) is 5. The lowest BCUT2D eigenvalue weighted by Crippen LogP contribution is -2.49. The highest BCUT2D eigenvalue weighted by Gasteiger charge is 2.30. The van der Waals surface area contributed by atoms with Gasteiger partial charge in [0.25, 0.3) is 5.56 Å². The Kier molecular flexibility index (Phi) is 4.78. The van der Waals surface area contributed by atoms with Crippen LogP contribution >= 0.6 is 0 Å². The van der Waals surface area contributed by atoms with E-state index in [2.05, 4.69) is 10.00 Å². The van der Waals surface area contributed by atoms with Crippen LogP contribution in [0.15, 0.2) is 47.3 Å². The van der Waals surface area contributed by atoms with Gasteiger partial charge in [-0.15, -0.1) is 0 Å². The topological polar surface area (TPSA) is 63.4 Å². The molecule has 0 aliphatic carbocycles. The number of carbonyl (C=O) groups is 1. The summed E-state index contributed by atoms with van der Waals surface area (Å²) in [7, 11) is 1.97. The SMILES string of the molecule is Cc1c2c(=O)n(-c3ccccc3)nc-2c2cc(F)c(F)cc2n1C(=O)N1CCN(C)CC1. The van der Waals surface area contributed by atoms with Gasteiger partial charge in [-0.3, -0.25) is 9.36 Å². The van der Waals surface area contributed by atoms with Gasteiger partial charge in [-0.05, 0) is 32.2 Å². The van der Waals surface area contributed by atoms with Gasteiger partial charge in [0, 0.05) is 43.3 Å². The van der Waals surface area contributed by atoms with E-state index in [9.17, 15) is 18.4 Å². The van der Waals surface area contributed by atoms with Gasteiger partial charge < -0.3 is 9.80 Å². The summed E-state index contributed by atoms with van der Waals surface area (Å²) in [5.41, 5.74) is 1.07. The minimum atomic E-state index is -1.07. The molecule has 1 saturated heterocycles. The predicted molar refractivity (Wildman–Crippen MR) is 116 cm³/mol. The Morgan fingerprint density at radius 3 is 2.34 bits per heavy atom. The van der Waals surface area contributed by atoms with E-state index in [1.165, 1.54) is 9.25 Å². The van der Waals surface area contributed by atoms with Crippen molar-refractivity contribution in [1.29, 1.82) is 0 Å². The minimum Gasteiger partial charge on any atom is -0.321 e. The van der Waals surface area contributed by atoms with E-state index in [0.717, 1.165) is 12.1 Å². The molecule has 0 atom stereocenters. The standard InChI is InChI=1S/C23H21F2N5O2/c1-14-20-21(26-30(22(20)31)15-6-4-3-5-7-15)16-12-17(24)18(25)13-19(16)29(14)23(32)28-10-8-27(2)9-11-28/h3-7,12-13H,8-11H2,1-2H3. The van der Waals surface area contributed by atoms with Gasteiger partial charge in [0.1, 0.15) is 5.69 Å². The van der Waals surface area contributed by atoms with Gasteiger partial charge in [-0.1, -0.05) is 18.2 Å². The third-order valence-corrected chi connectivity index (χ3v) is 6.04. The number of likely N-dealkylation sites (N-methyl/N-ethyl adjacent to an activating group) is 1. The van der Waals surface area contributed by atoms with Crippen molar-refractivity contribution in [3.05, 3.63) is 70.1 Å². The van der Waals surface area contributed by atoms with Crippen molar-refractivity contribution in [2.24, 2.45) is 0 Å². The molecule has 0 N–H and O–H groups in total. The highest BCUT2D eigenvalue weighted by atomic mass is 19.2. The Bertz CT molecular complexity index is 1370. The van der Waals surface area contributed by atoms with Crippen LogP contribution < -0.4 is 5.56 Å². The van der Waals surface area contributed by atoms with Crippen LogP contribution in [0.3, 0.4) is 0 Å². The molecule has 9 heteroatoms. The van der Waals surface area contributed by atoms with Crippen molar-refractivity contribution < 1.29 is 13.6 Å². The zero-order valence-electron chi connectivity index (χ0n) is 17.7. The Balaban J connectivity index is 1.81. The lowest BCUT2D eigenvalue weighted by molar-refractivity contribution is 0.156. The zero-order chi connectivity index (χ0) is 22.6. The molecule has 2 aromatic rings. The minimum absolute atomic E-state index is 0.176. The third kappa shape index (κ3) is 3.08. The van der Waals surface area contributed by atoms with E-state index >= 15 is 0 Å². The van der Waals surface area contributed by atoms with E-state index in [4.69, 9.17) is 0 Å². The lowest BCUT2D eigenvalue weighted by atomic mass is 10.0. The first-order valence-electron chi connectivity index (χ1n) is 10.3. The number of rotatable bonds is 1. The summed E-state index contributed by atoms with van der Waals surface area (Å²) < 4.78 is 31.0. The van der Waals surface area contributed by atoms with Crippen LogP contribution in [0.5, 0.6) is 0 Å². The monoisotopic (exact) mass is 437 g/mol. The Morgan fingerprint density at radius 2 is 1.66 bits per heavy atom. The van der Waals surface area contributed by atoms with Gasteiger partial charge in [0.2, 0.25) is 0 Å². The van der Waals surface area contributed by atoms with Gasteiger partial charge in [0.15, 0.2) is 11.6 Å². The summed E-state index contributed by atoms with van der Waals surface area (Å²) in [5, 5.41) is 4.64. The van der Waals surface area contributed by atoms with Gasteiger partial charge in [0.05, 0.1) is 16.8 Å². The summed E-state index contributed by atoms with van der Waals surface area (Å²) in [6.45, 7) is 4.03. The van der Waals surface area contributed by atoms with Crippen molar-refractivity contribution >= 4 is 16.9 Å². The van der Waals surface area contributed by atoms with E-state index in [-0.39, 0.29) is 28.2 Å². The van der Waals surface area contributed by atoms with Gasteiger partial charge in [-0.2, -0.15) is 9.78 Å². The van der Waals surface area contributed by atoms with E-state index in [0.29, 0.717) is 37.6 Å². The summed E-state index contributed by atoms with van der Waals surface area (Å²) in [4.78, 5) is 30.6. The van der Waals surface area contributed by atoms with Crippen molar-refractivity contribution in [3.8, 4) is 16.9 Å². The normalized spacial score (nSPS) is 15.1. The molecule has 2 aromatic carbocycles. The Morgan fingerprint density at radius 1 is 1.00 bits per heavy atom. The molecule has 0 unspecified atom stereocenters. The molecule has 0 bridgehead atoms. The fourth-order valence-electron chi connectivity index (χ4n) is 4.25. The average molecular weight is 437 g/mol. The van der Waals surface area contributed by atoms with Gasteiger partial charge in [-0.25, -0.2) is 13.6 Å². The van der Waals surface area contributed by atoms with Crippen LogP contribution in [0.4, 0.5) is 13.6 Å². The maximum atomic E-state index is 14.3. The second-order valence-electron chi connectivity index (χ2n) is 8.05. The molecular weight excluding hydrogens is 416 g/mol. The second-order valence-corrected chi connectivity index (χ2v) is 8.05. The number of aromatic nitrogens is 3. The zero-order valence-corrected chi connectivity index (χ0v) is 17.7. The Hall–Kier alpha value is -3.59. The quantitative estimate of drug-likeness (QED) is 0.459. The van der Waals surface area contributed by atoms with Gasteiger partial charge >= 0.3 is 6.03 Å². The van der Waals surface area contributed by atoms with Crippen molar-refractivity contribution in [2.75, 3.05) is 33.2 Å². The first kappa shape index (κ1) is 20.3. The fraction of sp³-hybridized carbons (Fsp3) is 0.261. The number of hydrogen-bond acceptors (Lipinski definition) is 4. The van der Waals surface area contributed by atoms with Crippen LogP contribution in [-0.2, 0) is 0 Å². The molecule has 3 aliphatic rings. The van der Waals surface area contributed by atoms with Crippen molar-refractivity contribution in [1.82, 2.24) is 24.1 Å². The molecule has 0 saturated carbocycles. The van der Waals surface area contributed by atoms with Crippen LogP contribution in [0.25, 0.3) is 27.8 Å². The van der Waals surface area contributed by atoms with Crippen LogP contribution in [0.2, 0.25) is 0 Å². The largest absolute Gasteiger partial charge is 0.328 e. The first-order chi connectivity index (χ1) is 15.4. The smallest absolute Gasteiger partial charge is 0.321 e. The maximum absolute atomic E-state index is 14.3. The van der Waals surface area contributed by atoms with Crippen molar-refractivity contribution in [3.63, 3.8) is 0 Å². The number of hydrogen-bond donors (Lipinski definition) is 0.